The van der Waals surface area contributed by atoms with E-state index in [0.29, 0.717) is 29.1 Å². The van der Waals surface area contributed by atoms with E-state index in [1.165, 1.54) is 12.3 Å². The molecule has 0 fully saturated rings. The summed E-state index contributed by atoms with van der Waals surface area (Å²) < 4.78 is 10.8. The van der Waals surface area contributed by atoms with E-state index in [9.17, 15) is 4.79 Å². The maximum Gasteiger partial charge on any atom is 0.283 e. The topological polar surface area (TPSA) is 72.4 Å². The smallest absolute Gasteiger partial charge is 0.283 e. The zero-order valence-electron chi connectivity index (χ0n) is 14.3. The summed E-state index contributed by atoms with van der Waals surface area (Å²) in [6, 6.07) is 10.7. The maximum absolute atomic E-state index is 12.5. The molecule has 7 heteroatoms. The van der Waals surface area contributed by atoms with Crippen molar-refractivity contribution in [1.82, 2.24) is 15.1 Å². The van der Waals surface area contributed by atoms with Crippen LogP contribution in [-0.4, -0.2) is 27.5 Å². The van der Waals surface area contributed by atoms with Gasteiger partial charge in [0.05, 0.1) is 12.8 Å². The number of halogens is 1. The Morgan fingerprint density at radius 3 is 2.73 bits per heavy atom. The van der Waals surface area contributed by atoms with Gasteiger partial charge in [0.25, 0.3) is 5.89 Å². The van der Waals surface area contributed by atoms with Gasteiger partial charge in [-0.25, -0.2) is 0 Å². The van der Waals surface area contributed by atoms with Crippen molar-refractivity contribution in [2.24, 2.45) is 0 Å². The lowest BCUT2D eigenvalue weighted by atomic mass is 10.2. The van der Waals surface area contributed by atoms with Gasteiger partial charge < -0.3 is 13.7 Å². The molecule has 0 aliphatic rings. The minimum Gasteiger partial charge on any atom is -0.459 e. The lowest BCUT2D eigenvalue weighted by molar-refractivity contribution is -0.126. The number of benzene rings is 1. The zero-order chi connectivity index (χ0) is 18.4. The molecule has 0 aliphatic carbocycles. The van der Waals surface area contributed by atoms with Crippen LogP contribution in [0.2, 0.25) is 5.02 Å². The molecular formula is C19H18ClN3O3. The predicted octanol–water partition coefficient (Wildman–Crippen LogP) is 4.44. The van der Waals surface area contributed by atoms with Gasteiger partial charge in [0.2, 0.25) is 11.8 Å². The summed E-state index contributed by atoms with van der Waals surface area (Å²) in [4.78, 5) is 14.2. The van der Waals surface area contributed by atoms with Gasteiger partial charge >= 0.3 is 0 Å². The molecule has 26 heavy (non-hydrogen) atoms. The fourth-order valence-corrected chi connectivity index (χ4v) is 2.49. The van der Waals surface area contributed by atoms with E-state index in [0.717, 1.165) is 12.0 Å². The Bertz CT molecular complexity index is 870. The third kappa shape index (κ3) is 4.61. The molecule has 134 valence electrons. The van der Waals surface area contributed by atoms with Gasteiger partial charge in [0.15, 0.2) is 5.76 Å². The Morgan fingerprint density at radius 1 is 1.23 bits per heavy atom. The van der Waals surface area contributed by atoms with E-state index in [2.05, 4.69) is 10.2 Å². The molecule has 3 aromatic rings. The number of nitrogens with zero attached hydrogens (tertiary/aromatic N) is 3. The van der Waals surface area contributed by atoms with Gasteiger partial charge in [0.1, 0.15) is 0 Å². The van der Waals surface area contributed by atoms with E-state index in [1.807, 2.05) is 19.1 Å². The Labute approximate surface area is 156 Å². The molecule has 0 saturated carbocycles. The van der Waals surface area contributed by atoms with Crippen molar-refractivity contribution in [1.29, 1.82) is 0 Å². The molecule has 0 unspecified atom stereocenters. The third-order valence-corrected chi connectivity index (χ3v) is 3.87. The molecule has 0 saturated heterocycles. The maximum atomic E-state index is 12.5. The average Bonchev–Trinajstić information content (AvgIpc) is 3.32. The third-order valence-electron chi connectivity index (χ3n) is 3.62. The molecule has 0 N–H and O–H groups in total. The number of carbonyl (C=O) groups is 1. The number of furan rings is 1. The molecule has 3 rings (SSSR count). The van der Waals surface area contributed by atoms with Crippen molar-refractivity contribution < 1.29 is 13.6 Å². The largest absolute Gasteiger partial charge is 0.459 e. The van der Waals surface area contributed by atoms with Crippen LogP contribution in [-0.2, 0) is 11.3 Å². The quantitative estimate of drug-likeness (QED) is 0.574. The fourth-order valence-electron chi connectivity index (χ4n) is 2.36. The highest BCUT2D eigenvalue weighted by Crippen LogP contribution is 2.18. The minimum atomic E-state index is -0.125. The van der Waals surface area contributed by atoms with Crippen LogP contribution in [0.5, 0.6) is 0 Å². The van der Waals surface area contributed by atoms with Crippen LogP contribution in [0.25, 0.3) is 17.7 Å². The number of rotatable bonds is 7. The van der Waals surface area contributed by atoms with Gasteiger partial charge in [-0.3, -0.25) is 4.79 Å². The highest BCUT2D eigenvalue weighted by Gasteiger charge is 2.16. The van der Waals surface area contributed by atoms with Crippen molar-refractivity contribution in [3.8, 4) is 11.7 Å². The lowest BCUT2D eigenvalue weighted by Crippen LogP contribution is -2.29. The molecule has 0 aliphatic heterocycles. The van der Waals surface area contributed by atoms with E-state index < -0.39 is 0 Å². The Hall–Kier alpha value is -2.86. The first-order valence-electron chi connectivity index (χ1n) is 8.24. The molecule has 1 aromatic carbocycles. The molecule has 0 atom stereocenters. The van der Waals surface area contributed by atoms with Crippen LogP contribution < -0.4 is 0 Å². The standard InChI is InChI=1S/C19H18ClN3O3/c1-2-11-23(18(24)10-7-14-5-8-15(20)9-6-14)13-17-21-22-19(26-17)16-4-3-12-25-16/h3-10,12H,2,11,13H2,1H3. The second-order valence-electron chi connectivity index (χ2n) is 5.62. The van der Waals surface area contributed by atoms with Crippen LogP contribution in [0.1, 0.15) is 24.8 Å². The molecule has 1 amide bonds. The summed E-state index contributed by atoms with van der Waals surface area (Å²) >= 11 is 5.87. The van der Waals surface area contributed by atoms with Crippen LogP contribution >= 0.6 is 11.6 Å². The first kappa shape index (κ1) is 17.9. The second kappa shape index (κ2) is 8.49. The zero-order valence-corrected chi connectivity index (χ0v) is 15.0. The van der Waals surface area contributed by atoms with Crippen LogP contribution in [0.3, 0.4) is 0 Å². The minimum absolute atomic E-state index is 0.125. The Kier molecular flexibility index (Phi) is 5.86. The predicted molar refractivity (Wildman–Crippen MR) is 98.2 cm³/mol. The van der Waals surface area contributed by atoms with E-state index in [-0.39, 0.29) is 12.5 Å². The summed E-state index contributed by atoms with van der Waals surface area (Å²) in [7, 11) is 0. The van der Waals surface area contributed by atoms with Crippen molar-refractivity contribution in [3.05, 3.63) is 65.2 Å². The van der Waals surface area contributed by atoms with E-state index in [1.54, 1.807) is 35.2 Å². The second-order valence-corrected chi connectivity index (χ2v) is 6.06. The number of aromatic nitrogens is 2. The SMILES string of the molecule is CCCN(Cc1nnc(-c2ccco2)o1)C(=O)C=Cc1ccc(Cl)cc1. The van der Waals surface area contributed by atoms with Crippen LogP contribution in [0, 0.1) is 0 Å². The van der Waals surface area contributed by atoms with Crippen molar-refractivity contribution in [3.63, 3.8) is 0 Å². The average molecular weight is 372 g/mol. The van der Waals surface area contributed by atoms with Crippen LogP contribution in [0.15, 0.2) is 57.6 Å². The number of hydrogen-bond acceptors (Lipinski definition) is 5. The molecule has 2 aromatic heterocycles. The van der Waals surface area contributed by atoms with Crippen molar-refractivity contribution in [2.45, 2.75) is 19.9 Å². The number of carbonyl (C=O) groups excluding carboxylic acids is 1. The molecular weight excluding hydrogens is 354 g/mol. The lowest BCUT2D eigenvalue weighted by Gasteiger charge is -2.18. The monoisotopic (exact) mass is 371 g/mol. The summed E-state index contributed by atoms with van der Waals surface area (Å²) in [5.74, 6) is 1.03. The first-order valence-corrected chi connectivity index (χ1v) is 8.62. The Balaban J connectivity index is 1.68. The van der Waals surface area contributed by atoms with Gasteiger partial charge in [-0.05, 0) is 42.3 Å². The fraction of sp³-hybridized carbons (Fsp3) is 0.211. The molecule has 0 radical (unpaired) electrons. The van der Waals surface area contributed by atoms with Gasteiger partial charge in [-0.15, -0.1) is 10.2 Å². The summed E-state index contributed by atoms with van der Waals surface area (Å²) in [5.41, 5.74) is 0.900. The van der Waals surface area contributed by atoms with Gasteiger partial charge in [0, 0.05) is 17.6 Å². The van der Waals surface area contributed by atoms with E-state index in [4.69, 9.17) is 20.4 Å². The highest BCUT2D eigenvalue weighted by molar-refractivity contribution is 6.30. The van der Waals surface area contributed by atoms with Crippen LogP contribution in [0.4, 0.5) is 0 Å². The summed E-state index contributed by atoms with van der Waals surface area (Å²) in [5, 5.41) is 8.61. The normalized spacial score (nSPS) is 11.2. The summed E-state index contributed by atoms with van der Waals surface area (Å²) in [6.45, 7) is 2.83. The first-order chi connectivity index (χ1) is 12.7. The van der Waals surface area contributed by atoms with Crippen molar-refractivity contribution >= 4 is 23.6 Å². The van der Waals surface area contributed by atoms with Crippen molar-refractivity contribution in [2.75, 3.05) is 6.54 Å². The molecule has 6 nitrogen and oxygen atoms in total. The summed E-state index contributed by atoms with van der Waals surface area (Å²) in [6.07, 6.45) is 5.64. The number of amides is 1. The molecule has 2 heterocycles. The van der Waals surface area contributed by atoms with E-state index >= 15 is 0 Å². The highest BCUT2D eigenvalue weighted by atomic mass is 35.5. The number of hydrogen-bond donors (Lipinski definition) is 0. The molecule has 0 spiro atoms. The Morgan fingerprint density at radius 2 is 2.04 bits per heavy atom. The molecule has 0 bridgehead atoms. The van der Waals surface area contributed by atoms with Gasteiger partial charge in [-0.1, -0.05) is 30.7 Å². The van der Waals surface area contributed by atoms with Gasteiger partial charge in [-0.2, -0.15) is 0 Å².